The minimum absolute atomic E-state index is 0.0322. The van der Waals surface area contributed by atoms with E-state index in [9.17, 15) is 24.3 Å². The first-order valence-electron chi connectivity index (χ1n) is 12.7. The van der Waals surface area contributed by atoms with E-state index in [1.165, 1.54) is 12.5 Å². The first-order valence-corrected chi connectivity index (χ1v) is 12.7. The number of hydrogen-bond acceptors (Lipinski definition) is 7. The number of aromatic nitrogens is 2. The van der Waals surface area contributed by atoms with E-state index in [1.54, 1.807) is 0 Å². The van der Waals surface area contributed by atoms with Crippen LogP contribution in [0.2, 0.25) is 0 Å². The van der Waals surface area contributed by atoms with Gasteiger partial charge in [-0.1, -0.05) is 27.7 Å². The zero-order valence-electron chi connectivity index (χ0n) is 22.6. The van der Waals surface area contributed by atoms with Gasteiger partial charge in [-0.15, -0.1) is 0 Å². The fraction of sp³-hybridized carbons (Fsp3) is 0.667. The van der Waals surface area contributed by atoms with Crippen molar-refractivity contribution in [3.05, 3.63) is 18.2 Å². The Morgan fingerprint density at radius 1 is 0.947 bits per heavy atom. The number of rotatable bonds is 17. The molecule has 38 heavy (non-hydrogen) atoms. The average molecular weight is 538 g/mol. The molecule has 1 heterocycles. The molecule has 4 atom stereocenters. The van der Waals surface area contributed by atoms with Gasteiger partial charge in [-0.25, -0.2) is 9.78 Å². The number of imidazole rings is 1. The average Bonchev–Trinajstić information content (AvgIpc) is 3.32. The van der Waals surface area contributed by atoms with Crippen molar-refractivity contribution in [3.63, 3.8) is 0 Å². The summed E-state index contributed by atoms with van der Waals surface area (Å²) in [5.41, 5.74) is 17.2. The van der Waals surface area contributed by atoms with Crippen molar-refractivity contribution in [2.45, 2.75) is 84.0 Å². The number of aliphatic carboxylic acids is 1. The number of guanidine groups is 1. The maximum atomic E-state index is 13.2. The number of carbonyl (C=O) groups excluding carboxylic acids is 3. The smallest absolute Gasteiger partial charge is 0.326 e. The lowest BCUT2D eigenvalue weighted by Gasteiger charge is -2.26. The van der Waals surface area contributed by atoms with Gasteiger partial charge in [0.15, 0.2) is 5.96 Å². The number of H-pyrrole nitrogens is 1. The summed E-state index contributed by atoms with van der Waals surface area (Å²) in [6, 6.07) is -4.08. The molecule has 0 aliphatic carbocycles. The first kappa shape index (κ1) is 32.3. The lowest BCUT2D eigenvalue weighted by atomic mass is 10.00. The summed E-state index contributed by atoms with van der Waals surface area (Å²) in [6.45, 7) is 7.87. The summed E-state index contributed by atoms with van der Waals surface area (Å²) in [4.78, 5) is 61.3. The van der Waals surface area contributed by atoms with Gasteiger partial charge in [0.25, 0.3) is 0 Å². The van der Waals surface area contributed by atoms with Gasteiger partial charge in [-0.3, -0.25) is 19.4 Å². The molecular formula is C24H43N9O5. The summed E-state index contributed by atoms with van der Waals surface area (Å²) in [7, 11) is 0. The fourth-order valence-corrected chi connectivity index (χ4v) is 3.73. The monoisotopic (exact) mass is 537 g/mol. The van der Waals surface area contributed by atoms with Crippen molar-refractivity contribution in [2.75, 3.05) is 6.54 Å². The van der Waals surface area contributed by atoms with Crippen LogP contribution in [0.4, 0.5) is 0 Å². The van der Waals surface area contributed by atoms with Crippen LogP contribution in [0.1, 0.15) is 59.1 Å². The van der Waals surface area contributed by atoms with E-state index >= 15 is 0 Å². The highest BCUT2D eigenvalue weighted by Gasteiger charge is 2.31. The third-order valence-corrected chi connectivity index (χ3v) is 5.57. The molecule has 214 valence electrons. The Kier molecular flexibility index (Phi) is 13.8. The predicted molar refractivity (Wildman–Crippen MR) is 143 cm³/mol. The maximum absolute atomic E-state index is 13.2. The summed E-state index contributed by atoms with van der Waals surface area (Å²) >= 11 is 0. The molecule has 0 aromatic carbocycles. The molecule has 0 saturated carbocycles. The predicted octanol–water partition coefficient (Wildman–Crippen LogP) is -1.04. The highest BCUT2D eigenvalue weighted by Crippen LogP contribution is 2.09. The molecule has 0 aliphatic rings. The van der Waals surface area contributed by atoms with Crippen LogP contribution in [0.3, 0.4) is 0 Å². The number of carbonyl (C=O) groups is 4. The van der Waals surface area contributed by atoms with Crippen molar-refractivity contribution < 1.29 is 24.3 Å². The quantitative estimate of drug-likeness (QED) is 0.0686. The summed E-state index contributed by atoms with van der Waals surface area (Å²) in [5, 5.41) is 17.5. The van der Waals surface area contributed by atoms with Gasteiger partial charge in [0, 0.05) is 24.9 Å². The molecule has 1 rings (SSSR count). The third kappa shape index (κ3) is 12.5. The van der Waals surface area contributed by atoms with Gasteiger partial charge in [-0.2, -0.15) is 0 Å². The molecule has 14 heteroatoms. The van der Waals surface area contributed by atoms with Gasteiger partial charge < -0.3 is 43.2 Å². The number of nitrogens with one attached hydrogen (secondary N) is 4. The van der Waals surface area contributed by atoms with Crippen LogP contribution in [0, 0.1) is 11.8 Å². The Bertz CT molecular complexity index is 930. The fourth-order valence-electron chi connectivity index (χ4n) is 3.73. The summed E-state index contributed by atoms with van der Waals surface area (Å²) < 4.78 is 0. The zero-order chi connectivity index (χ0) is 28.8. The molecule has 0 saturated heterocycles. The third-order valence-electron chi connectivity index (χ3n) is 5.57. The van der Waals surface area contributed by atoms with E-state index < -0.39 is 47.9 Å². The normalized spacial score (nSPS) is 14.3. The van der Waals surface area contributed by atoms with Crippen molar-refractivity contribution in [1.29, 1.82) is 0 Å². The van der Waals surface area contributed by atoms with Crippen molar-refractivity contribution in [3.8, 4) is 0 Å². The molecule has 1 aromatic heterocycles. The number of aromatic amines is 1. The summed E-state index contributed by atoms with van der Waals surface area (Å²) in [5.74, 6) is -2.85. The Morgan fingerprint density at radius 2 is 1.53 bits per heavy atom. The van der Waals surface area contributed by atoms with E-state index in [2.05, 4.69) is 30.9 Å². The van der Waals surface area contributed by atoms with Gasteiger partial charge in [0.2, 0.25) is 17.7 Å². The number of nitrogens with zero attached hydrogens (tertiary/aromatic N) is 2. The van der Waals surface area contributed by atoms with Gasteiger partial charge in [0.05, 0.1) is 12.4 Å². The molecule has 0 spiro atoms. The van der Waals surface area contributed by atoms with Crippen LogP contribution in [-0.4, -0.2) is 75.4 Å². The van der Waals surface area contributed by atoms with Crippen LogP contribution >= 0.6 is 0 Å². The molecule has 0 fully saturated rings. The largest absolute Gasteiger partial charge is 0.480 e. The topological polar surface area (TPSA) is 244 Å². The van der Waals surface area contributed by atoms with Gasteiger partial charge in [-0.05, 0) is 37.5 Å². The molecule has 0 aliphatic heterocycles. The number of carboxylic acids is 1. The highest BCUT2D eigenvalue weighted by molar-refractivity contribution is 5.94. The molecule has 14 nitrogen and oxygen atoms in total. The highest BCUT2D eigenvalue weighted by atomic mass is 16.4. The van der Waals surface area contributed by atoms with E-state index in [1.807, 2.05) is 27.7 Å². The van der Waals surface area contributed by atoms with Crippen LogP contribution in [0.5, 0.6) is 0 Å². The van der Waals surface area contributed by atoms with Gasteiger partial charge >= 0.3 is 5.97 Å². The SMILES string of the molecule is CC(C)CC(N)C(=O)NC(CC(C)C)C(=O)NC(CCCN=C(N)N)C(=O)NC(Cc1cnc[nH]1)C(=O)O. The van der Waals surface area contributed by atoms with Crippen molar-refractivity contribution in [1.82, 2.24) is 25.9 Å². The molecule has 0 radical (unpaired) electrons. The number of amides is 3. The molecule has 4 unspecified atom stereocenters. The number of carboxylic acid groups (broad SMARTS) is 1. The second-order valence-electron chi connectivity index (χ2n) is 10.1. The van der Waals surface area contributed by atoms with Crippen LogP contribution in [-0.2, 0) is 25.6 Å². The molecule has 1 aromatic rings. The number of aliphatic imine (C=N–C) groups is 1. The van der Waals surface area contributed by atoms with Crippen molar-refractivity contribution >= 4 is 29.7 Å². The van der Waals surface area contributed by atoms with Gasteiger partial charge in [0.1, 0.15) is 18.1 Å². The summed E-state index contributed by atoms with van der Waals surface area (Å²) in [6.07, 6.45) is 4.04. The van der Waals surface area contributed by atoms with E-state index in [-0.39, 0.29) is 37.2 Å². The molecular weight excluding hydrogens is 494 g/mol. The van der Waals surface area contributed by atoms with E-state index in [0.717, 1.165) is 0 Å². The second kappa shape index (κ2) is 16.2. The van der Waals surface area contributed by atoms with E-state index in [4.69, 9.17) is 17.2 Å². The maximum Gasteiger partial charge on any atom is 0.326 e. The van der Waals surface area contributed by atoms with Crippen LogP contribution in [0.25, 0.3) is 0 Å². The number of nitrogens with two attached hydrogens (primary N) is 3. The minimum Gasteiger partial charge on any atom is -0.480 e. The minimum atomic E-state index is -1.26. The Hall–Kier alpha value is -3.68. The van der Waals surface area contributed by atoms with Crippen molar-refractivity contribution in [2.24, 2.45) is 34.0 Å². The van der Waals surface area contributed by atoms with Crippen LogP contribution < -0.4 is 33.2 Å². The molecule has 11 N–H and O–H groups in total. The van der Waals surface area contributed by atoms with E-state index in [0.29, 0.717) is 25.0 Å². The zero-order valence-corrected chi connectivity index (χ0v) is 22.6. The lowest BCUT2D eigenvalue weighted by Crippen LogP contribution is -2.57. The second-order valence-corrected chi connectivity index (χ2v) is 10.1. The number of hydrogen-bond donors (Lipinski definition) is 8. The Labute approximate surface area is 223 Å². The standard InChI is InChI=1S/C24H43N9O5/c1-13(2)8-16(25)20(34)32-18(9-14(3)4)22(36)31-17(6-5-7-29-24(26)27)21(35)33-19(23(37)38)10-15-11-28-12-30-15/h11-14,16-19H,5-10,25H2,1-4H3,(H,28,30)(H,31,36)(H,32,34)(H,33,35)(H,37,38)(H4,26,27,29). The Balaban J connectivity index is 3.04. The molecule has 3 amide bonds. The molecule has 0 bridgehead atoms. The lowest BCUT2D eigenvalue weighted by molar-refractivity contribution is -0.142. The Morgan fingerprint density at radius 3 is 2.05 bits per heavy atom. The first-order chi connectivity index (χ1) is 17.8. The van der Waals surface area contributed by atoms with Crippen LogP contribution in [0.15, 0.2) is 17.5 Å².